The first-order valence-corrected chi connectivity index (χ1v) is 8.89. The van der Waals surface area contributed by atoms with Gasteiger partial charge >= 0.3 is 0 Å². The Bertz CT molecular complexity index is 741. The van der Waals surface area contributed by atoms with E-state index in [-0.39, 0.29) is 28.1 Å². The first kappa shape index (κ1) is 18.0. The van der Waals surface area contributed by atoms with Crippen LogP contribution in [0.15, 0.2) is 28.8 Å². The molecule has 0 atom stereocenters. The van der Waals surface area contributed by atoms with Crippen LogP contribution >= 0.6 is 11.6 Å². The molecule has 1 aromatic carbocycles. The highest BCUT2D eigenvalue weighted by Gasteiger charge is 2.25. The molecule has 1 aliphatic heterocycles. The van der Waals surface area contributed by atoms with Gasteiger partial charge in [-0.15, -0.1) is 0 Å². The second kappa shape index (κ2) is 7.18. The minimum atomic E-state index is -0.307. The van der Waals surface area contributed by atoms with Crippen LogP contribution < -0.4 is 5.32 Å². The summed E-state index contributed by atoms with van der Waals surface area (Å²) >= 11 is 6.36. The highest BCUT2D eigenvalue weighted by atomic mass is 35.5. The van der Waals surface area contributed by atoms with E-state index in [0.29, 0.717) is 19.0 Å². The van der Waals surface area contributed by atoms with Crippen molar-refractivity contribution in [2.45, 2.75) is 45.1 Å². The van der Waals surface area contributed by atoms with Gasteiger partial charge < -0.3 is 14.6 Å². The van der Waals surface area contributed by atoms with Crippen LogP contribution in [0.1, 0.15) is 49.7 Å². The number of ether oxygens (including phenoxy) is 1. The van der Waals surface area contributed by atoms with Gasteiger partial charge in [0.25, 0.3) is 5.91 Å². The summed E-state index contributed by atoms with van der Waals surface area (Å²) in [5.74, 6) is 0.109. The van der Waals surface area contributed by atoms with Gasteiger partial charge in [0.2, 0.25) is 0 Å². The lowest BCUT2D eigenvalue weighted by Gasteiger charge is -2.22. The Hall–Kier alpha value is -1.85. The second-order valence-electron chi connectivity index (χ2n) is 7.36. The zero-order chi connectivity index (χ0) is 18.0. The number of rotatable bonds is 3. The summed E-state index contributed by atoms with van der Waals surface area (Å²) in [6.45, 7) is 7.78. The number of nitrogens with zero attached hydrogens (tertiary/aromatic N) is 1. The quantitative estimate of drug-likeness (QED) is 0.888. The van der Waals surface area contributed by atoms with Crippen LogP contribution in [0.5, 0.6) is 0 Å². The topological polar surface area (TPSA) is 64.4 Å². The van der Waals surface area contributed by atoms with Crippen LogP contribution in [0.3, 0.4) is 0 Å². The number of nitrogens with one attached hydrogen (secondary N) is 1. The summed E-state index contributed by atoms with van der Waals surface area (Å²) in [6, 6.07) is 8.04. The highest BCUT2D eigenvalue weighted by molar-refractivity contribution is 6.35. The van der Waals surface area contributed by atoms with Gasteiger partial charge in [-0.2, -0.15) is 0 Å². The Morgan fingerprint density at radius 3 is 2.44 bits per heavy atom. The number of hydrogen-bond donors (Lipinski definition) is 1. The average molecular weight is 363 g/mol. The van der Waals surface area contributed by atoms with E-state index in [4.69, 9.17) is 20.9 Å². The minimum Gasteiger partial charge on any atom is -0.381 e. The molecule has 1 N–H and O–H groups in total. The van der Waals surface area contributed by atoms with Gasteiger partial charge in [0.05, 0.1) is 0 Å². The van der Waals surface area contributed by atoms with Crippen molar-refractivity contribution in [1.29, 1.82) is 0 Å². The highest BCUT2D eigenvalue weighted by Crippen LogP contribution is 2.32. The van der Waals surface area contributed by atoms with Crippen molar-refractivity contribution >= 4 is 17.5 Å². The number of hydrogen-bond acceptors (Lipinski definition) is 4. The van der Waals surface area contributed by atoms with Gasteiger partial charge in [-0.3, -0.25) is 4.79 Å². The Morgan fingerprint density at radius 1 is 1.20 bits per heavy atom. The molecule has 0 spiro atoms. The Labute approximate surface area is 152 Å². The maximum absolute atomic E-state index is 12.4. The molecule has 2 heterocycles. The lowest BCUT2D eigenvalue weighted by molar-refractivity contribution is 0.0692. The fourth-order valence-electron chi connectivity index (χ4n) is 2.82. The van der Waals surface area contributed by atoms with Crippen LogP contribution in [-0.4, -0.2) is 30.3 Å². The van der Waals surface area contributed by atoms with Gasteiger partial charge in [-0.25, -0.2) is 0 Å². The lowest BCUT2D eigenvalue weighted by atomic mass is 9.86. The van der Waals surface area contributed by atoms with Crippen molar-refractivity contribution in [2.75, 3.05) is 13.2 Å². The first-order valence-electron chi connectivity index (χ1n) is 8.51. The molecule has 1 aromatic heterocycles. The summed E-state index contributed by atoms with van der Waals surface area (Å²) < 4.78 is 10.6. The summed E-state index contributed by atoms with van der Waals surface area (Å²) in [7, 11) is 0. The molecule has 1 amide bonds. The van der Waals surface area contributed by atoms with E-state index in [1.165, 1.54) is 5.56 Å². The number of benzene rings is 1. The third kappa shape index (κ3) is 4.05. The largest absolute Gasteiger partial charge is 0.381 e. The molecule has 5 nitrogen and oxygen atoms in total. The van der Waals surface area contributed by atoms with Gasteiger partial charge in [0.15, 0.2) is 11.5 Å². The van der Waals surface area contributed by atoms with Crippen molar-refractivity contribution in [1.82, 2.24) is 10.5 Å². The molecule has 2 aromatic rings. The van der Waals surface area contributed by atoms with Crippen molar-refractivity contribution in [3.05, 3.63) is 40.5 Å². The average Bonchev–Trinajstić information content (AvgIpc) is 2.97. The third-order valence-corrected chi connectivity index (χ3v) is 4.77. The van der Waals surface area contributed by atoms with Gasteiger partial charge in [-0.05, 0) is 23.8 Å². The second-order valence-corrected chi connectivity index (χ2v) is 7.74. The molecular formula is C19H23ClN2O3. The summed E-state index contributed by atoms with van der Waals surface area (Å²) in [5.41, 5.74) is 2.21. The lowest BCUT2D eigenvalue weighted by Crippen LogP contribution is -2.39. The number of aromatic nitrogens is 1. The van der Waals surface area contributed by atoms with Crippen LogP contribution in [0.4, 0.5) is 0 Å². The maximum Gasteiger partial charge on any atom is 0.275 e. The predicted molar refractivity (Wildman–Crippen MR) is 97.0 cm³/mol. The zero-order valence-electron chi connectivity index (χ0n) is 14.8. The van der Waals surface area contributed by atoms with E-state index in [9.17, 15) is 4.79 Å². The summed E-state index contributed by atoms with van der Waals surface area (Å²) in [4.78, 5) is 12.4. The minimum absolute atomic E-state index is 0.0680. The molecule has 1 fully saturated rings. The molecule has 1 aliphatic rings. The Morgan fingerprint density at radius 2 is 1.84 bits per heavy atom. The molecule has 25 heavy (non-hydrogen) atoms. The molecule has 3 rings (SSSR count). The van der Waals surface area contributed by atoms with E-state index < -0.39 is 0 Å². The van der Waals surface area contributed by atoms with E-state index in [2.05, 4.69) is 31.2 Å². The molecule has 6 heteroatoms. The van der Waals surface area contributed by atoms with Crippen molar-refractivity contribution < 1.29 is 14.1 Å². The summed E-state index contributed by atoms with van der Waals surface area (Å²) in [5, 5.41) is 7.07. The van der Waals surface area contributed by atoms with Crippen molar-refractivity contribution in [3.8, 4) is 11.3 Å². The number of carbonyl (C=O) groups is 1. The van der Waals surface area contributed by atoms with E-state index >= 15 is 0 Å². The maximum atomic E-state index is 12.4. The number of amides is 1. The van der Waals surface area contributed by atoms with E-state index in [1.807, 2.05) is 24.3 Å². The smallest absolute Gasteiger partial charge is 0.275 e. The summed E-state index contributed by atoms with van der Waals surface area (Å²) in [6.07, 6.45) is 1.59. The van der Waals surface area contributed by atoms with E-state index in [0.717, 1.165) is 18.4 Å². The molecule has 0 radical (unpaired) electrons. The van der Waals surface area contributed by atoms with Crippen LogP contribution in [0, 0.1) is 0 Å². The van der Waals surface area contributed by atoms with Crippen molar-refractivity contribution in [3.63, 3.8) is 0 Å². The fourth-order valence-corrected chi connectivity index (χ4v) is 3.08. The Kier molecular flexibility index (Phi) is 5.16. The van der Waals surface area contributed by atoms with Crippen molar-refractivity contribution in [2.24, 2.45) is 0 Å². The third-order valence-electron chi connectivity index (χ3n) is 4.42. The van der Waals surface area contributed by atoms with E-state index in [1.54, 1.807) is 0 Å². The molecular weight excluding hydrogens is 340 g/mol. The standard InChI is InChI=1S/C19H23ClN2O3/c1-19(2,3)13-6-4-12(5-7-13)17-15(20)16(22-25-17)18(23)21-14-8-10-24-11-9-14/h4-7,14H,8-11H2,1-3H3,(H,21,23). The molecule has 1 saturated heterocycles. The van der Waals surface area contributed by atoms with Crippen LogP contribution in [-0.2, 0) is 10.2 Å². The first-order chi connectivity index (χ1) is 11.9. The molecule has 134 valence electrons. The monoisotopic (exact) mass is 362 g/mol. The van der Waals surface area contributed by atoms with Gasteiger partial charge in [0.1, 0.15) is 5.02 Å². The predicted octanol–water partition coefficient (Wildman–Crippen LogP) is 4.20. The van der Waals surface area contributed by atoms with Crippen LogP contribution in [0.25, 0.3) is 11.3 Å². The van der Waals surface area contributed by atoms with Gasteiger partial charge in [-0.1, -0.05) is 61.8 Å². The number of halogens is 1. The Balaban J connectivity index is 1.77. The molecule has 0 saturated carbocycles. The van der Waals surface area contributed by atoms with Crippen LogP contribution in [0.2, 0.25) is 5.02 Å². The normalized spacial score (nSPS) is 16.0. The van der Waals surface area contributed by atoms with Gasteiger partial charge in [0, 0.05) is 24.8 Å². The molecule has 0 bridgehead atoms. The molecule has 0 aliphatic carbocycles. The number of carbonyl (C=O) groups excluding carboxylic acids is 1. The zero-order valence-corrected chi connectivity index (χ0v) is 15.5. The SMILES string of the molecule is CC(C)(C)c1ccc(-c2onc(C(=O)NC3CCOCC3)c2Cl)cc1. The fraction of sp³-hybridized carbons (Fsp3) is 0.474. The molecule has 0 unspecified atom stereocenters.